The van der Waals surface area contributed by atoms with Crippen molar-refractivity contribution in [2.45, 2.75) is 13.7 Å². The molecule has 3 aromatic rings. The van der Waals surface area contributed by atoms with Gasteiger partial charge in [0.15, 0.2) is 0 Å². The molecule has 1 heterocycles. The van der Waals surface area contributed by atoms with Gasteiger partial charge >= 0.3 is 0 Å². The fourth-order valence-corrected chi connectivity index (χ4v) is 2.02. The van der Waals surface area contributed by atoms with E-state index in [4.69, 9.17) is 8.22 Å². The summed E-state index contributed by atoms with van der Waals surface area (Å²) in [6, 6.07) is 14.5. The number of hydrogen-bond donors (Lipinski definition) is 0. The Bertz CT molecular complexity index is 852. The second kappa shape index (κ2) is 6.17. The molecule has 20 heavy (non-hydrogen) atoms. The van der Waals surface area contributed by atoms with Gasteiger partial charge in [0, 0.05) is 46.4 Å². The molecule has 0 bridgehead atoms. The molecule has 0 saturated carbocycles. The maximum atomic E-state index is 7.80. The van der Waals surface area contributed by atoms with Crippen LogP contribution in [0.2, 0.25) is 0 Å². The zero-order chi connectivity index (χ0) is 18.2. The van der Waals surface area contributed by atoms with Crippen LogP contribution in [0.25, 0.3) is 17.1 Å². The van der Waals surface area contributed by atoms with Crippen molar-refractivity contribution in [1.82, 2.24) is 9.55 Å². The van der Waals surface area contributed by atoms with Crippen LogP contribution in [0, 0.1) is 19.8 Å². The molecule has 1 radical (unpaired) electrons. The molecule has 3 heteroatoms. The number of aromatic nitrogens is 2. The van der Waals surface area contributed by atoms with Gasteiger partial charge in [0.2, 0.25) is 0 Å². The minimum atomic E-state index is -2.46. The van der Waals surface area contributed by atoms with Gasteiger partial charge in [0.25, 0.3) is 0 Å². The molecule has 0 aliphatic heterocycles. The minimum Gasteiger partial charge on any atom is -0.340 e. The standard InChI is InChI=1S/C17H15N2.Ir/c1-13-7-6-8-14(2)16(13)19-12-11-18-17(19)15-9-4-3-5-10-15;/h3-9,11-12H,1-2H3;/q-1;/i1D3,2D3;. The zero-order valence-electron chi connectivity index (χ0n) is 16.4. The smallest absolute Gasteiger partial charge is 0.0602 e. The average Bonchev–Trinajstić information content (AvgIpc) is 3.02. The molecule has 0 fully saturated rings. The molecule has 2 nitrogen and oxygen atoms in total. The third-order valence-corrected chi connectivity index (χ3v) is 2.87. The number of para-hydroxylation sites is 1. The van der Waals surface area contributed by atoms with Crippen molar-refractivity contribution in [1.29, 1.82) is 0 Å². The van der Waals surface area contributed by atoms with Gasteiger partial charge in [-0.3, -0.25) is 4.98 Å². The first-order valence-electron chi connectivity index (χ1n) is 8.84. The maximum Gasteiger partial charge on any atom is 0.0602 e. The van der Waals surface area contributed by atoms with E-state index in [9.17, 15) is 0 Å². The fraction of sp³-hybridized carbons (Fsp3) is 0.118. The molecule has 0 aliphatic rings. The van der Waals surface area contributed by atoms with Crippen LogP contribution >= 0.6 is 0 Å². The van der Waals surface area contributed by atoms with Crippen LogP contribution in [0.3, 0.4) is 0 Å². The topological polar surface area (TPSA) is 17.8 Å². The maximum absolute atomic E-state index is 7.80. The van der Waals surface area contributed by atoms with E-state index in [2.05, 4.69) is 11.1 Å². The zero-order valence-corrected chi connectivity index (χ0v) is 12.8. The first-order chi connectivity index (χ1) is 11.7. The number of rotatable bonds is 2. The molecule has 0 N–H and O–H groups in total. The van der Waals surface area contributed by atoms with Crippen molar-refractivity contribution < 1.29 is 28.3 Å². The van der Waals surface area contributed by atoms with Gasteiger partial charge in [-0.2, -0.15) is 0 Å². The van der Waals surface area contributed by atoms with Gasteiger partial charge in [-0.15, -0.1) is 35.9 Å². The van der Waals surface area contributed by atoms with Gasteiger partial charge < -0.3 is 4.57 Å². The summed E-state index contributed by atoms with van der Waals surface area (Å²) in [6.45, 7) is -4.92. The molecule has 0 aliphatic carbocycles. The first-order valence-corrected chi connectivity index (χ1v) is 5.84. The van der Waals surface area contributed by atoms with Crippen LogP contribution in [0.15, 0.2) is 54.9 Å². The summed E-state index contributed by atoms with van der Waals surface area (Å²) in [6.07, 6.45) is 3.08. The summed E-state index contributed by atoms with van der Waals surface area (Å²) in [5.74, 6) is 0.433. The molecule has 3 rings (SSSR count). The van der Waals surface area contributed by atoms with Crippen molar-refractivity contribution in [2.75, 3.05) is 0 Å². The number of benzene rings is 2. The van der Waals surface area contributed by atoms with Crippen molar-refractivity contribution in [3.63, 3.8) is 0 Å². The predicted octanol–water partition coefficient (Wildman–Crippen LogP) is 3.95. The monoisotopic (exact) mass is 446 g/mol. The van der Waals surface area contributed by atoms with E-state index < -0.39 is 13.7 Å². The van der Waals surface area contributed by atoms with Crippen LogP contribution in [0.4, 0.5) is 0 Å². The van der Waals surface area contributed by atoms with Crippen molar-refractivity contribution in [2.24, 2.45) is 0 Å². The normalized spacial score (nSPS) is 15.8. The number of hydrogen-bond acceptors (Lipinski definition) is 1. The van der Waals surface area contributed by atoms with E-state index >= 15 is 0 Å². The Hall–Kier alpha value is -1.70. The van der Waals surface area contributed by atoms with Crippen molar-refractivity contribution in [3.8, 4) is 17.1 Å². The Kier molecular flexibility index (Phi) is 2.64. The Morgan fingerprint density at radius 1 is 1.10 bits per heavy atom. The summed E-state index contributed by atoms with van der Waals surface area (Å²) in [5.41, 5.74) is 0.698. The molecule has 1 aromatic heterocycles. The second-order valence-electron chi connectivity index (χ2n) is 4.10. The fourth-order valence-electron chi connectivity index (χ4n) is 2.02. The van der Waals surface area contributed by atoms with E-state index in [1.54, 1.807) is 24.4 Å². The Balaban J connectivity index is 0.00000243. The van der Waals surface area contributed by atoms with Gasteiger partial charge in [0.05, 0.1) is 5.82 Å². The molecule has 0 atom stereocenters. The van der Waals surface area contributed by atoms with E-state index in [0.29, 0.717) is 11.4 Å². The minimum absolute atomic E-state index is 0. The molecule has 2 aromatic carbocycles. The van der Waals surface area contributed by atoms with Crippen LogP contribution in [0.5, 0.6) is 0 Å². The summed E-state index contributed by atoms with van der Waals surface area (Å²) < 4.78 is 48.3. The number of nitrogens with zero attached hydrogens (tertiary/aromatic N) is 2. The molecule has 0 spiro atoms. The molecule has 0 amide bonds. The van der Waals surface area contributed by atoms with E-state index in [-0.39, 0.29) is 36.9 Å². The largest absolute Gasteiger partial charge is 0.340 e. The Morgan fingerprint density at radius 2 is 1.90 bits per heavy atom. The first kappa shape index (κ1) is 8.56. The van der Waals surface area contributed by atoms with Crippen molar-refractivity contribution in [3.05, 3.63) is 72.1 Å². The predicted molar refractivity (Wildman–Crippen MR) is 77.3 cm³/mol. The third kappa shape index (κ3) is 2.60. The van der Waals surface area contributed by atoms with Gasteiger partial charge in [0.1, 0.15) is 0 Å². The van der Waals surface area contributed by atoms with Crippen LogP contribution < -0.4 is 0 Å². The van der Waals surface area contributed by atoms with Crippen LogP contribution in [-0.2, 0) is 20.1 Å². The van der Waals surface area contributed by atoms with Crippen LogP contribution in [-0.4, -0.2) is 9.55 Å². The van der Waals surface area contributed by atoms with Crippen LogP contribution in [0.1, 0.15) is 19.4 Å². The van der Waals surface area contributed by atoms with Gasteiger partial charge in [-0.05, 0) is 24.8 Å². The van der Waals surface area contributed by atoms with Crippen molar-refractivity contribution >= 4 is 0 Å². The molecule has 103 valence electrons. The summed E-state index contributed by atoms with van der Waals surface area (Å²) in [7, 11) is 0. The van der Waals surface area contributed by atoms with Gasteiger partial charge in [-0.25, -0.2) is 0 Å². The molecular formula is C17H15IrN2-. The Morgan fingerprint density at radius 3 is 2.55 bits per heavy atom. The quantitative estimate of drug-likeness (QED) is 0.546. The molecule has 0 saturated heterocycles. The van der Waals surface area contributed by atoms with E-state index in [0.717, 1.165) is 0 Å². The third-order valence-electron chi connectivity index (χ3n) is 2.87. The number of aryl methyl sites for hydroxylation is 2. The molecular weight excluding hydrogens is 424 g/mol. The average molecular weight is 446 g/mol. The van der Waals surface area contributed by atoms with E-state index in [1.165, 1.54) is 29.0 Å². The van der Waals surface area contributed by atoms with Gasteiger partial charge in [-0.1, -0.05) is 18.2 Å². The summed E-state index contributed by atoms with van der Waals surface area (Å²) in [4.78, 5) is 4.27. The Labute approximate surface area is 141 Å². The molecule has 0 unspecified atom stereocenters. The summed E-state index contributed by atoms with van der Waals surface area (Å²) >= 11 is 0. The second-order valence-corrected chi connectivity index (χ2v) is 4.10. The number of imidazole rings is 1. The van der Waals surface area contributed by atoms with E-state index in [1.807, 2.05) is 6.07 Å². The summed E-state index contributed by atoms with van der Waals surface area (Å²) in [5, 5.41) is 0. The SMILES string of the molecule is [2H]C([2H])([2H])c1cccc(C([2H])([2H])[2H])c1-n1ccnc1-c1[c-]cccc1.[Ir].